The standard InChI is InChI=1S/C17H25N3O/c1-5-10-18-11-16-13(2)19-20(14(16)3)12-15-8-6-7-9-17(15)21-4/h6-9,18H,5,10-12H2,1-4H3. The summed E-state index contributed by atoms with van der Waals surface area (Å²) in [7, 11) is 1.71. The highest BCUT2D eigenvalue weighted by molar-refractivity contribution is 5.34. The molecule has 114 valence electrons. The van der Waals surface area contributed by atoms with Crippen LogP contribution in [0.15, 0.2) is 24.3 Å². The van der Waals surface area contributed by atoms with E-state index in [1.54, 1.807) is 7.11 Å². The van der Waals surface area contributed by atoms with E-state index in [1.807, 2.05) is 18.2 Å². The van der Waals surface area contributed by atoms with Crippen molar-refractivity contribution in [3.05, 3.63) is 46.8 Å². The second kappa shape index (κ2) is 7.27. The van der Waals surface area contributed by atoms with Gasteiger partial charge in [0.15, 0.2) is 0 Å². The molecule has 0 aliphatic rings. The fourth-order valence-electron chi connectivity index (χ4n) is 2.53. The molecule has 21 heavy (non-hydrogen) atoms. The van der Waals surface area contributed by atoms with E-state index >= 15 is 0 Å². The zero-order valence-corrected chi connectivity index (χ0v) is 13.4. The molecule has 0 unspecified atom stereocenters. The van der Waals surface area contributed by atoms with Crippen molar-refractivity contribution in [3.8, 4) is 5.75 Å². The van der Waals surface area contributed by atoms with E-state index in [9.17, 15) is 0 Å². The molecule has 1 aromatic carbocycles. The van der Waals surface area contributed by atoms with Crippen molar-refractivity contribution >= 4 is 0 Å². The highest BCUT2D eigenvalue weighted by Crippen LogP contribution is 2.20. The quantitative estimate of drug-likeness (QED) is 0.796. The lowest BCUT2D eigenvalue weighted by atomic mass is 10.1. The number of hydrogen-bond donors (Lipinski definition) is 1. The van der Waals surface area contributed by atoms with Crippen molar-refractivity contribution in [3.63, 3.8) is 0 Å². The van der Waals surface area contributed by atoms with E-state index in [1.165, 1.54) is 11.3 Å². The lowest BCUT2D eigenvalue weighted by Gasteiger charge is -2.10. The normalized spacial score (nSPS) is 10.9. The molecular formula is C17H25N3O. The maximum atomic E-state index is 5.42. The van der Waals surface area contributed by atoms with Gasteiger partial charge in [-0.25, -0.2) is 0 Å². The Balaban J connectivity index is 2.19. The number of aryl methyl sites for hydroxylation is 1. The van der Waals surface area contributed by atoms with E-state index in [2.05, 4.69) is 41.9 Å². The van der Waals surface area contributed by atoms with Gasteiger partial charge in [0, 0.05) is 23.4 Å². The Morgan fingerprint density at radius 2 is 2.00 bits per heavy atom. The fourth-order valence-corrected chi connectivity index (χ4v) is 2.53. The average molecular weight is 287 g/mol. The number of nitrogens with zero attached hydrogens (tertiary/aromatic N) is 2. The first kappa shape index (κ1) is 15.6. The van der Waals surface area contributed by atoms with Crippen LogP contribution in [0.4, 0.5) is 0 Å². The minimum absolute atomic E-state index is 0.741. The van der Waals surface area contributed by atoms with Gasteiger partial charge >= 0.3 is 0 Å². The van der Waals surface area contributed by atoms with Crippen LogP contribution in [0.1, 0.15) is 35.9 Å². The Labute approximate surface area is 127 Å². The van der Waals surface area contributed by atoms with Crippen LogP contribution < -0.4 is 10.1 Å². The van der Waals surface area contributed by atoms with E-state index in [4.69, 9.17) is 4.74 Å². The number of aromatic nitrogens is 2. The predicted octanol–water partition coefficient (Wildman–Crippen LogP) is 3.06. The van der Waals surface area contributed by atoms with Gasteiger partial charge < -0.3 is 10.1 Å². The van der Waals surface area contributed by atoms with E-state index in [0.717, 1.165) is 43.1 Å². The molecule has 2 rings (SSSR count). The molecule has 2 aromatic rings. The first-order chi connectivity index (χ1) is 10.2. The van der Waals surface area contributed by atoms with Crippen LogP contribution in [0.5, 0.6) is 5.75 Å². The third-order valence-corrected chi connectivity index (χ3v) is 3.77. The van der Waals surface area contributed by atoms with Crippen molar-refractivity contribution < 1.29 is 4.74 Å². The molecule has 0 fully saturated rings. The summed E-state index contributed by atoms with van der Waals surface area (Å²) in [4.78, 5) is 0. The molecule has 0 radical (unpaired) electrons. The molecule has 0 aliphatic heterocycles. The van der Waals surface area contributed by atoms with Crippen LogP contribution in [0.25, 0.3) is 0 Å². The van der Waals surface area contributed by atoms with Crippen molar-refractivity contribution in [2.24, 2.45) is 0 Å². The van der Waals surface area contributed by atoms with Crippen molar-refractivity contribution in [2.45, 2.75) is 40.3 Å². The predicted molar refractivity (Wildman–Crippen MR) is 85.8 cm³/mol. The van der Waals surface area contributed by atoms with E-state index in [-0.39, 0.29) is 0 Å². The Morgan fingerprint density at radius 3 is 2.71 bits per heavy atom. The number of hydrogen-bond acceptors (Lipinski definition) is 3. The summed E-state index contributed by atoms with van der Waals surface area (Å²) < 4.78 is 7.49. The molecule has 0 bridgehead atoms. The molecule has 1 heterocycles. The van der Waals surface area contributed by atoms with Crippen LogP contribution in [0.2, 0.25) is 0 Å². The van der Waals surface area contributed by atoms with Crippen LogP contribution in [0, 0.1) is 13.8 Å². The molecule has 0 saturated carbocycles. The molecule has 4 heteroatoms. The first-order valence-corrected chi connectivity index (χ1v) is 7.52. The number of para-hydroxylation sites is 1. The Bertz CT molecular complexity index is 590. The summed E-state index contributed by atoms with van der Waals surface area (Å²) in [5, 5.41) is 8.14. The van der Waals surface area contributed by atoms with Gasteiger partial charge in [0.05, 0.1) is 19.3 Å². The maximum Gasteiger partial charge on any atom is 0.123 e. The lowest BCUT2D eigenvalue weighted by molar-refractivity contribution is 0.407. The Morgan fingerprint density at radius 1 is 1.24 bits per heavy atom. The average Bonchev–Trinajstić information content (AvgIpc) is 2.75. The summed E-state index contributed by atoms with van der Waals surface area (Å²) in [6, 6.07) is 8.10. The lowest BCUT2D eigenvalue weighted by Crippen LogP contribution is -2.15. The molecule has 0 saturated heterocycles. The molecule has 0 amide bonds. The SMILES string of the molecule is CCCNCc1c(C)nn(Cc2ccccc2OC)c1C. The van der Waals surface area contributed by atoms with Gasteiger partial charge in [0.25, 0.3) is 0 Å². The van der Waals surface area contributed by atoms with Gasteiger partial charge in [0.1, 0.15) is 5.75 Å². The molecule has 1 N–H and O–H groups in total. The van der Waals surface area contributed by atoms with Gasteiger partial charge in [-0.3, -0.25) is 4.68 Å². The maximum absolute atomic E-state index is 5.42. The monoisotopic (exact) mass is 287 g/mol. The van der Waals surface area contributed by atoms with Crippen LogP contribution >= 0.6 is 0 Å². The highest BCUT2D eigenvalue weighted by Gasteiger charge is 2.12. The molecule has 4 nitrogen and oxygen atoms in total. The van der Waals surface area contributed by atoms with Crippen LogP contribution in [0.3, 0.4) is 0 Å². The van der Waals surface area contributed by atoms with Crippen molar-refractivity contribution in [2.75, 3.05) is 13.7 Å². The number of methoxy groups -OCH3 is 1. The third kappa shape index (κ3) is 3.64. The smallest absolute Gasteiger partial charge is 0.123 e. The summed E-state index contributed by atoms with van der Waals surface area (Å²) in [6.07, 6.45) is 1.15. The van der Waals surface area contributed by atoms with Gasteiger partial charge in [-0.15, -0.1) is 0 Å². The first-order valence-electron chi connectivity index (χ1n) is 7.52. The van der Waals surface area contributed by atoms with E-state index in [0.29, 0.717) is 0 Å². The van der Waals surface area contributed by atoms with Crippen molar-refractivity contribution in [1.82, 2.24) is 15.1 Å². The molecule has 1 aromatic heterocycles. The second-order valence-electron chi connectivity index (χ2n) is 5.30. The van der Waals surface area contributed by atoms with Crippen molar-refractivity contribution in [1.29, 1.82) is 0 Å². The number of ether oxygens (including phenoxy) is 1. The number of benzene rings is 1. The summed E-state index contributed by atoms with van der Waals surface area (Å²) in [5.74, 6) is 0.913. The minimum Gasteiger partial charge on any atom is -0.496 e. The topological polar surface area (TPSA) is 39.1 Å². The largest absolute Gasteiger partial charge is 0.496 e. The minimum atomic E-state index is 0.741. The summed E-state index contributed by atoms with van der Waals surface area (Å²) in [6.45, 7) is 9.06. The van der Waals surface area contributed by atoms with Crippen LogP contribution in [-0.4, -0.2) is 23.4 Å². The zero-order chi connectivity index (χ0) is 15.2. The molecular weight excluding hydrogens is 262 g/mol. The Hall–Kier alpha value is -1.81. The zero-order valence-electron chi connectivity index (χ0n) is 13.4. The van der Waals surface area contributed by atoms with Gasteiger partial charge in [-0.05, 0) is 32.9 Å². The van der Waals surface area contributed by atoms with E-state index < -0.39 is 0 Å². The van der Waals surface area contributed by atoms with Gasteiger partial charge in [-0.1, -0.05) is 25.1 Å². The molecule has 0 atom stereocenters. The van der Waals surface area contributed by atoms with Gasteiger partial charge in [0.2, 0.25) is 0 Å². The Kier molecular flexibility index (Phi) is 5.39. The number of rotatable bonds is 7. The summed E-state index contributed by atoms with van der Waals surface area (Å²) in [5.41, 5.74) is 4.78. The fraction of sp³-hybridized carbons (Fsp3) is 0.471. The molecule has 0 aliphatic carbocycles. The summed E-state index contributed by atoms with van der Waals surface area (Å²) >= 11 is 0. The highest BCUT2D eigenvalue weighted by atomic mass is 16.5. The molecule has 0 spiro atoms. The number of nitrogens with one attached hydrogen (secondary N) is 1. The second-order valence-corrected chi connectivity index (χ2v) is 5.30. The third-order valence-electron chi connectivity index (χ3n) is 3.77. The van der Waals surface area contributed by atoms with Gasteiger partial charge in [-0.2, -0.15) is 5.10 Å². The van der Waals surface area contributed by atoms with Crippen LogP contribution in [-0.2, 0) is 13.1 Å².